The molecule has 0 saturated carbocycles. The van der Waals surface area contributed by atoms with Gasteiger partial charge in [-0.1, -0.05) is 0 Å². The predicted molar refractivity (Wildman–Crippen MR) is 108 cm³/mol. The van der Waals surface area contributed by atoms with Crippen LogP contribution >= 0.6 is 0 Å². The number of fused-ring (bicyclic) bond motifs is 2. The smallest absolute Gasteiger partial charge is 0.155 e. The van der Waals surface area contributed by atoms with Crippen molar-refractivity contribution in [1.29, 1.82) is 0 Å². The summed E-state index contributed by atoms with van der Waals surface area (Å²) >= 11 is 0. The number of aromatic nitrogens is 7. The molecule has 29 heavy (non-hydrogen) atoms. The molecule has 0 spiro atoms. The van der Waals surface area contributed by atoms with Crippen molar-refractivity contribution < 1.29 is 4.42 Å². The number of H-pyrrole nitrogens is 2. The van der Waals surface area contributed by atoms with Crippen LogP contribution in [0.15, 0.2) is 72.5 Å². The van der Waals surface area contributed by atoms with Gasteiger partial charge in [0.1, 0.15) is 12.0 Å². The molecule has 2 N–H and O–H groups in total. The summed E-state index contributed by atoms with van der Waals surface area (Å²) in [5.41, 5.74) is 7.12. The number of furan rings is 1. The number of aromatic amines is 2. The van der Waals surface area contributed by atoms with E-state index in [0.29, 0.717) is 5.65 Å². The maximum Gasteiger partial charge on any atom is 0.155 e. The fraction of sp³-hybridized carbons (Fsp3) is 0. The molecule has 138 valence electrons. The Balaban J connectivity index is 1.53. The number of hydrogen-bond donors (Lipinski definition) is 2. The summed E-state index contributed by atoms with van der Waals surface area (Å²) in [5, 5.41) is 9.47. The Kier molecular flexibility index (Phi) is 3.30. The first-order valence-corrected chi connectivity index (χ1v) is 8.96. The fourth-order valence-electron chi connectivity index (χ4n) is 3.54. The average molecular weight is 379 g/mol. The topological polar surface area (TPSA) is 109 Å². The van der Waals surface area contributed by atoms with Crippen LogP contribution in [-0.4, -0.2) is 35.1 Å². The lowest BCUT2D eigenvalue weighted by Gasteiger charge is -2.00. The quantitative estimate of drug-likeness (QED) is 0.476. The monoisotopic (exact) mass is 379 g/mol. The molecule has 6 rings (SSSR count). The summed E-state index contributed by atoms with van der Waals surface area (Å²) < 4.78 is 5.24. The van der Waals surface area contributed by atoms with Gasteiger partial charge in [0.25, 0.3) is 0 Å². The van der Waals surface area contributed by atoms with E-state index in [0.717, 1.165) is 49.9 Å². The van der Waals surface area contributed by atoms with Gasteiger partial charge in [-0.05, 0) is 18.2 Å². The van der Waals surface area contributed by atoms with Crippen LogP contribution < -0.4 is 0 Å². The summed E-state index contributed by atoms with van der Waals surface area (Å²) in [7, 11) is 0. The minimum Gasteiger partial charge on any atom is -0.472 e. The van der Waals surface area contributed by atoms with E-state index in [2.05, 4.69) is 41.2 Å². The van der Waals surface area contributed by atoms with Crippen LogP contribution in [0.1, 0.15) is 0 Å². The van der Waals surface area contributed by atoms with Crippen molar-refractivity contribution in [2.24, 2.45) is 0 Å². The lowest BCUT2D eigenvalue weighted by atomic mass is 10.1. The van der Waals surface area contributed by atoms with Gasteiger partial charge >= 0.3 is 0 Å². The van der Waals surface area contributed by atoms with Crippen molar-refractivity contribution in [3.8, 4) is 33.6 Å². The van der Waals surface area contributed by atoms with Crippen molar-refractivity contribution in [3.63, 3.8) is 0 Å². The van der Waals surface area contributed by atoms with Crippen molar-refractivity contribution in [1.82, 2.24) is 35.1 Å². The Hall–Kier alpha value is -4.33. The molecular formula is C21H13N7O. The van der Waals surface area contributed by atoms with Gasteiger partial charge in [0.2, 0.25) is 0 Å². The van der Waals surface area contributed by atoms with Gasteiger partial charge in [-0.25, -0.2) is 15.0 Å². The Labute approximate surface area is 163 Å². The minimum atomic E-state index is 0.715. The van der Waals surface area contributed by atoms with E-state index in [1.807, 2.05) is 24.5 Å². The molecule has 0 amide bonds. The van der Waals surface area contributed by atoms with Crippen LogP contribution in [0.5, 0.6) is 0 Å². The Morgan fingerprint density at radius 1 is 0.828 bits per heavy atom. The zero-order valence-corrected chi connectivity index (χ0v) is 15.0. The maximum absolute atomic E-state index is 5.24. The highest BCUT2D eigenvalue weighted by molar-refractivity contribution is 6.00. The lowest BCUT2D eigenvalue weighted by molar-refractivity contribution is 0.568. The molecule has 6 aromatic heterocycles. The Bertz CT molecular complexity index is 1450. The van der Waals surface area contributed by atoms with Crippen LogP contribution in [0.4, 0.5) is 0 Å². The first-order chi connectivity index (χ1) is 14.4. The summed E-state index contributed by atoms with van der Waals surface area (Å²) in [6.45, 7) is 0. The summed E-state index contributed by atoms with van der Waals surface area (Å²) in [5.74, 6) is 0. The third-order valence-electron chi connectivity index (χ3n) is 4.94. The van der Waals surface area contributed by atoms with Crippen molar-refractivity contribution >= 4 is 21.9 Å². The van der Waals surface area contributed by atoms with Gasteiger partial charge < -0.3 is 9.40 Å². The molecule has 0 aliphatic carbocycles. The van der Waals surface area contributed by atoms with E-state index in [4.69, 9.17) is 4.42 Å². The minimum absolute atomic E-state index is 0.715. The third-order valence-corrected chi connectivity index (χ3v) is 4.94. The third kappa shape index (κ3) is 2.50. The molecule has 0 aromatic carbocycles. The molecule has 6 aromatic rings. The van der Waals surface area contributed by atoms with Gasteiger partial charge in [-0.2, -0.15) is 5.10 Å². The van der Waals surface area contributed by atoms with Gasteiger partial charge in [-0.3, -0.25) is 10.1 Å². The van der Waals surface area contributed by atoms with E-state index in [-0.39, 0.29) is 0 Å². The van der Waals surface area contributed by atoms with Gasteiger partial charge in [0.15, 0.2) is 5.65 Å². The van der Waals surface area contributed by atoms with E-state index in [9.17, 15) is 0 Å². The maximum atomic E-state index is 5.24. The molecule has 0 saturated heterocycles. The average Bonchev–Trinajstić information content (AvgIpc) is 3.52. The highest BCUT2D eigenvalue weighted by atomic mass is 16.3. The second kappa shape index (κ2) is 6.10. The van der Waals surface area contributed by atoms with Crippen LogP contribution in [0.25, 0.3) is 55.6 Å². The van der Waals surface area contributed by atoms with Gasteiger partial charge in [-0.15, -0.1) is 0 Å². The Morgan fingerprint density at radius 3 is 2.62 bits per heavy atom. The van der Waals surface area contributed by atoms with Crippen LogP contribution in [0, 0.1) is 0 Å². The SMILES string of the molecule is c1ncc(-c2cnc3[nH]nc(-c4cc5c(-c6ccoc6)cncc5[nH]4)c3c2)cn1. The Morgan fingerprint density at radius 2 is 1.76 bits per heavy atom. The highest BCUT2D eigenvalue weighted by Gasteiger charge is 2.15. The fourth-order valence-corrected chi connectivity index (χ4v) is 3.54. The number of nitrogens with one attached hydrogen (secondary N) is 2. The summed E-state index contributed by atoms with van der Waals surface area (Å²) in [6, 6.07) is 6.04. The largest absolute Gasteiger partial charge is 0.472 e. The molecule has 0 radical (unpaired) electrons. The number of rotatable bonds is 3. The van der Waals surface area contributed by atoms with Gasteiger partial charge in [0, 0.05) is 57.8 Å². The molecule has 0 unspecified atom stereocenters. The van der Waals surface area contributed by atoms with Crippen molar-refractivity contribution in [2.75, 3.05) is 0 Å². The normalized spacial score (nSPS) is 11.4. The second-order valence-electron chi connectivity index (χ2n) is 6.66. The van der Waals surface area contributed by atoms with E-state index < -0.39 is 0 Å². The number of hydrogen-bond acceptors (Lipinski definition) is 6. The van der Waals surface area contributed by atoms with Crippen LogP contribution in [0.3, 0.4) is 0 Å². The first-order valence-electron chi connectivity index (χ1n) is 8.96. The predicted octanol–water partition coefficient (Wildman–Crippen LogP) is 4.22. The first kappa shape index (κ1) is 15.7. The number of pyridine rings is 2. The molecule has 0 aliphatic heterocycles. The highest BCUT2D eigenvalue weighted by Crippen LogP contribution is 2.34. The molecule has 0 atom stereocenters. The molecule has 0 bridgehead atoms. The molecule has 8 heteroatoms. The zero-order valence-electron chi connectivity index (χ0n) is 15.0. The van der Waals surface area contributed by atoms with E-state index in [1.54, 1.807) is 31.1 Å². The summed E-state index contributed by atoms with van der Waals surface area (Å²) in [4.78, 5) is 20.5. The van der Waals surface area contributed by atoms with Crippen molar-refractivity contribution in [3.05, 3.63) is 68.0 Å². The van der Waals surface area contributed by atoms with Crippen molar-refractivity contribution in [2.45, 2.75) is 0 Å². The van der Waals surface area contributed by atoms with E-state index >= 15 is 0 Å². The molecular weight excluding hydrogens is 366 g/mol. The molecule has 0 aliphatic rings. The molecule has 0 fully saturated rings. The molecule has 6 heterocycles. The van der Waals surface area contributed by atoms with Crippen LogP contribution in [-0.2, 0) is 0 Å². The van der Waals surface area contributed by atoms with Gasteiger partial charge in [0.05, 0.1) is 29.9 Å². The number of nitrogens with zero attached hydrogens (tertiary/aromatic N) is 5. The van der Waals surface area contributed by atoms with Crippen LogP contribution in [0.2, 0.25) is 0 Å². The standard InChI is InChI=1S/C21H13N7O/c1-2-29-10-12(1)17-8-22-9-19-15(17)4-18(26-19)20-16-3-13(7-25-21(16)28-27-20)14-5-23-11-24-6-14/h1-11,26H,(H,25,27,28). The zero-order chi connectivity index (χ0) is 19.2. The summed E-state index contributed by atoms with van der Waals surface area (Å²) in [6.07, 6.45) is 13.8. The second-order valence-corrected chi connectivity index (χ2v) is 6.66. The molecule has 8 nitrogen and oxygen atoms in total. The van der Waals surface area contributed by atoms with E-state index in [1.165, 1.54) is 6.33 Å². The lowest BCUT2D eigenvalue weighted by Crippen LogP contribution is -1.85.